The monoisotopic (exact) mass is 686 g/mol. The number of nitrogens with one attached hydrogen (secondary N) is 5. The van der Waals surface area contributed by atoms with Gasteiger partial charge in [0, 0.05) is 0 Å². The third-order valence-corrected chi connectivity index (χ3v) is 8.15. The van der Waals surface area contributed by atoms with Gasteiger partial charge >= 0.3 is 6.09 Å². The Kier molecular flexibility index (Phi) is 12.9. The lowest BCUT2D eigenvalue weighted by Crippen LogP contribution is -2.46. The van der Waals surface area contributed by atoms with E-state index in [-0.39, 0.29) is 35.7 Å². The number of ether oxygens (including phenoxy) is 1. The van der Waals surface area contributed by atoms with Crippen molar-refractivity contribution in [2.75, 3.05) is 14.2 Å². The summed E-state index contributed by atoms with van der Waals surface area (Å²) in [5.41, 5.74) is 5.64. The molecule has 3 amide bonds. The zero-order chi connectivity index (χ0) is 36.4. The van der Waals surface area contributed by atoms with Gasteiger partial charge in [0.25, 0.3) is 0 Å². The van der Waals surface area contributed by atoms with Crippen LogP contribution in [0.4, 0.5) is 4.79 Å². The number of alkyl carbamates (subject to hydrolysis) is 1. The highest BCUT2D eigenvalue weighted by Crippen LogP contribution is 2.29. The number of H-pyrrole nitrogens is 2. The lowest BCUT2D eigenvalue weighted by Gasteiger charge is -2.22. The molecule has 14 heteroatoms. The van der Waals surface area contributed by atoms with Crippen LogP contribution in [0.15, 0.2) is 65.9 Å². The van der Waals surface area contributed by atoms with Crippen LogP contribution in [-0.2, 0) is 24.1 Å². The summed E-state index contributed by atoms with van der Waals surface area (Å²) in [6.45, 7) is 11.3. The van der Waals surface area contributed by atoms with E-state index in [0.717, 1.165) is 40.0 Å². The van der Waals surface area contributed by atoms with Crippen LogP contribution in [0, 0.1) is 11.8 Å². The molecule has 2 aromatic heterocycles. The summed E-state index contributed by atoms with van der Waals surface area (Å²) in [4.78, 5) is 65.9. The highest BCUT2D eigenvalue weighted by atomic mass is 17.2. The van der Waals surface area contributed by atoms with E-state index in [1.54, 1.807) is 26.2 Å². The van der Waals surface area contributed by atoms with E-state index in [1.165, 1.54) is 14.2 Å². The molecule has 50 heavy (non-hydrogen) atoms. The van der Waals surface area contributed by atoms with E-state index in [0.29, 0.717) is 11.6 Å². The standard InChI is InChI=1S/C36H46N8O6/c1-20(2)30(43-34(45)22(5)39-19-50-49-8)32-37-17-28(41-32)26-13-9-24(10-14-26)25-11-15-27(16-12-25)29-18-38-33(42-29)31(21(3)4)44-35(46)23(6)40-36(47)48-7/h9-23,30-31H,1-8H3,(H,37,41)(H,38,42)(H,40,47)(H,43,45)(H,44,46)/t22-,23-,30+,31+/m0/s1. The molecule has 4 atom stereocenters. The molecule has 4 aromatic rings. The maximum absolute atomic E-state index is 12.7. The molecule has 0 unspecified atom stereocenters. The van der Waals surface area contributed by atoms with Crippen molar-refractivity contribution < 1.29 is 28.9 Å². The maximum atomic E-state index is 12.7. The first-order valence-electron chi connectivity index (χ1n) is 16.4. The van der Waals surface area contributed by atoms with Gasteiger partial charge in [0.1, 0.15) is 23.7 Å². The quantitative estimate of drug-likeness (QED) is 0.0470. The SMILES string of the molecule is COOC=N[C@@H](C)C(=O)N[C@@H](c1ncc(-c2ccc(-c3ccc(-c4cnc([C@H](NC(=O)[C@H](C)NC(=O)OC)C(C)C)[nH]4)cc3)cc2)[nH]1)C(C)C. The zero-order valence-corrected chi connectivity index (χ0v) is 29.6. The van der Waals surface area contributed by atoms with Crippen LogP contribution in [0.3, 0.4) is 0 Å². The Morgan fingerprint density at radius 2 is 1.12 bits per heavy atom. The number of rotatable bonds is 15. The average molecular weight is 687 g/mol. The molecule has 4 rings (SSSR count). The van der Waals surface area contributed by atoms with Crippen LogP contribution in [0.1, 0.15) is 65.3 Å². The molecule has 0 spiro atoms. The molecule has 2 heterocycles. The Hall–Kier alpha value is -5.50. The topological polar surface area (TPSA) is 185 Å². The van der Waals surface area contributed by atoms with Crippen molar-refractivity contribution in [1.82, 2.24) is 35.9 Å². The lowest BCUT2D eigenvalue weighted by molar-refractivity contribution is -0.188. The smallest absolute Gasteiger partial charge is 0.407 e. The molecule has 0 fully saturated rings. The number of methoxy groups -OCH3 is 1. The Labute approximate surface area is 291 Å². The summed E-state index contributed by atoms with van der Waals surface area (Å²) in [6, 6.07) is 14.1. The number of aliphatic imine (C=N–C) groups is 1. The van der Waals surface area contributed by atoms with Crippen LogP contribution in [0.2, 0.25) is 0 Å². The van der Waals surface area contributed by atoms with Gasteiger partial charge in [0.2, 0.25) is 18.2 Å². The van der Waals surface area contributed by atoms with E-state index in [1.807, 2.05) is 64.1 Å². The lowest BCUT2D eigenvalue weighted by atomic mass is 10.0. The number of hydrogen-bond acceptors (Lipinski definition) is 9. The number of amides is 3. The molecular formula is C36H46N8O6. The third kappa shape index (κ3) is 9.56. The van der Waals surface area contributed by atoms with Gasteiger partial charge in [-0.2, -0.15) is 4.89 Å². The second-order valence-corrected chi connectivity index (χ2v) is 12.5. The van der Waals surface area contributed by atoms with Gasteiger partial charge in [-0.3, -0.25) is 9.59 Å². The Morgan fingerprint density at radius 3 is 1.54 bits per heavy atom. The second kappa shape index (κ2) is 17.2. The molecule has 266 valence electrons. The van der Waals surface area contributed by atoms with Crippen molar-refractivity contribution >= 4 is 24.3 Å². The Bertz CT molecular complexity index is 1750. The van der Waals surface area contributed by atoms with E-state index in [2.05, 4.69) is 67.5 Å². The van der Waals surface area contributed by atoms with E-state index in [9.17, 15) is 14.4 Å². The predicted octanol–water partition coefficient (Wildman–Crippen LogP) is 5.50. The number of hydrogen-bond donors (Lipinski definition) is 5. The Morgan fingerprint density at radius 1 is 0.680 bits per heavy atom. The fraction of sp³-hybridized carbons (Fsp3) is 0.389. The van der Waals surface area contributed by atoms with Crippen molar-refractivity contribution in [3.8, 4) is 33.6 Å². The third-order valence-electron chi connectivity index (χ3n) is 8.15. The fourth-order valence-corrected chi connectivity index (χ4v) is 5.15. The first-order chi connectivity index (χ1) is 23.9. The van der Waals surface area contributed by atoms with Gasteiger partial charge < -0.3 is 35.5 Å². The van der Waals surface area contributed by atoms with Crippen molar-refractivity contribution in [1.29, 1.82) is 0 Å². The van der Waals surface area contributed by atoms with Crippen LogP contribution in [0.5, 0.6) is 0 Å². The van der Waals surface area contributed by atoms with Crippen molar-refractivity contribution in [2.45, 2.75) is 65.7 Å². The first kappa shape index (κ1) is 37.3. The minimum atomic E-state index is -0.772. The molecule has 0 radical (unpaired) electrons. The summed E-state index contributed by atoms with van der Waals surface area (Å²) in [7, 11) is 2.61. The van der Waals surface area contributed by atoms with Gasteiger partial charge in [-0.15, -0.1) is 0 Å². The number of benzene rings is 2. The van der Waals surface area contributed by atoms with Gasteiger partial charge in [-0.25, -0.2) is 19.8 Å². The maximum Gasteiger partial charge on any atom is 0.407 e. The van der Waals surface area contributed by atoms with Crippen molar-refractivity contribution in [3.05, 3.63) is 72.6 Å². The number of carbonyl (C=O) groups excluding carboxylic acids is 3. The molecule has 14 nitrogen and oxygen atoms in total. The number of aromatic nitrogens is 4. The highest BCUT2D eigenvalue weighted by molar-refractivity contribution is 5.85. The zero-order valence-electron chi connectivity index (χ0n) is 29.6. The van der Waals surface area contributed by atoms with Crippen LogP contribution < -0.4 is 16.0 Å². The minimum absolute atomic E-state index is 0.0378. The molecule has 5 N–H and O–H groups in total. The van der Waals surface area contributed by atoms with Gasteiger partial charge in [-0.05, 0) is 47.9 Å². The molecular weight excluding hydrogens is 640 g/mol. The molecule has 2 aromatic carbocycles. The van der Waals surface area contributed by atoms with E-state index < -0.39 is 18.2 Å². The summed E-state index contributed by atoms with van der Waals surface area (Å²) in [5, 5.41) is 8.47. The molecule has 0 aliphatic rings. The Balaban J connectivity index is 1.42. The number of aromatic amines is 2. The number of imidazole rings is 2. The predicted molar refractivity (Wildman–Crippen MR) is 190 cm³/mol. The van der Waals surface area contributed by atoms with Gasteiger partial charge in [0.15, 0.2) is 0 Å². The van der Waals surface area contributed by atoms with Crippen molar-refractivity contribution in [3.63, 3.8) is 0 Å². The average Bonchev–Trinajstić information content (AvgIpc) is 3.80. The summed E-state index contributed by atoms with van der Waals surface area (Å²) in [6.07, 6.45) is 3.93. The van der Waals surface area contributed by atoms with Crippen LogP contribution in [-0.4, -0.2) is 70.5 Å². The molecule has 0 aliphatic heterocycles. The molecule has 0 aliphatic carbocycles. The van der Waals surface area contributed by atoms with Gasteiger partial charge in [-0.1, -0.05) is 76.2 Å². The van der Waals surface area contributed by atoms with Crippen LogP contribution in [0.25, 0.3) is 33.6 Å². The molecule has 0 bridgehead atoms. The van der Waals surface area contributed by atoms with Gasteiger partial charge in [0.05, 0.1) is 50.1 Å². The minimum Gasteiger partial charge on any atom is -0.453 e. The number of carbonyl (C=O) groups is 3. The summed E-state index contributed by atoms with van der Waals surface area (Å²) in [5.74, 6) is 0.786. The summed E-state index contributed by atoms with van der Waals surface area (Å²) >= 11 is 0. The summed E-state index contributed by atoms with van der Waals surface area (Å²) < 4.78 is 4.59. The molecule has 0 saturated carbocycles. The van der Waals surface area contributed by atoms with Crippen LogP contribution >= 0.6 is 0 Å². The fourth-order valence-electron chi connectivity index (χ4n) is 5.15. The molecule has 0 saturated heterocycles. The normalized spacial score (nSPS) is 13.9. The highest BCUT2D eigenvalue weighted by Gasteiger charge is 2.26. The largest absolute Gasteiger partial charge is 0.453 e. The van der Waals surface area contributed by atoms with E-state index in [4.69, 9.17) is 0 Å². The van der Waals surface area contributed by atoms with Crippen molar-refractivity contribution in [2.24, 2.45) is 16.8 Å². The number of nitrogens with zero attached hydrogens (tertiary/aromatic N) is 3. The first-order valence-corrected chi connectivity index (χ1v) is 16.4. The second-order valence-electron chi connectivity index (χ2n) is 12.5. The van der Waals surface area contributed by atoms with E-state index >= 15 is 0 Å².